The summed E-state index contributed by atoms with van der Waals surface area (Å²) in [6, 6.07) is 13.4. The van der Waals surface area contributed by atoms with Gasteiger partial charge in [-0.05, 0) is 54.7 Å². The van der Waals surface area contributed by atoms with Gasteiger partial charge in [0.15, 0.2) is 0 Å². The van der Waals surface area contributed by atoms with Crippen LogP contribution in [0.4, 0.5) is 16.3 Å². The third-order valence-corrected chi connectivity index (χ3v) is 7.16. The third-order valence-electron chi connectivity index (χ3n) is 6.91. The van der Waals surface area contributed by atoms with Crippen LogP contribution in [-0.2, 0) is 9.59 Å². The Balaban J connectivity index is 1.40. The van der Waals surface area contributed by atoms with Gasteiger partial charge in [-0.15, -0.1) is 5.10 Å². The van der Waals surface area contributed by atoms with Crippen LogP contribution in [0.3, 0.4) is 0 Å². The predicted octanol–water partition coefficient (Wildman–Crippen LogP) is 4.67. The number of rotatable bonds is 3. The Labute approximate surface area is 200 Å². The minimum atomic E-state index is -0.360. The largest absolute Gasteiger partial charge is 0.347 e. The van der Waals surface area contributed by atoms with Crippen LogP contribution in [0.25, 0.3) is 0 Å². The van der Waals surface area contributed by atoms with Crippen LogP contribution in [0.5, 0.6) is 0 Å². The van der Waals surface area contributed by atoms with E-state index in [-0.39, 0.29) is 47.5 Å². The van der Waals surface area contributed by atoms with Crippen molar-refractivity contribution in [3.8, 4) is 0 Å². The van der Waals surface area contributed by atoms with Gasteiger partial charge >= 0.3 is 0 Å². The first-order valence-electron chi connectivity index (χ1n) is 11.3. The number of benzene rings is 2. The maximum Gasteiger partial charge on any atom is 0.260 e. The molecule has 6 rings (SSSR count). The van der Waals surface area contributed by atoms with Crippen molar-refractivity contribution < 1.29 is 14.0 Å². The molecule has 2 aliphatic heterocycles. The Morgan fingerprint density at radius 1 is 0.912 bits per heavy atom. The lowest BCUT2D eigenvalue weighted by molar-refractivity contribution is -0.122. The molecule has 9 heteroatoms. The predicted molar refractivity (Wildman–Crippen MR) is 125 cm³/mol. The van der Waals surface area contributed by atoms with E-state index in [1.54, 1.807) is 16.8 Å². The van der Waals surface area contributed by atoms with E-state index in [1.165, 1.54) is 12.1 Å². The number of hydrogen-bond acceptors (Lipinski definition) is 5. The molecule has 7 nitrogen and oxygen atoms in total. The molecular formula is C25H21ClFN5O2. The molecule has 1 N–H and O–H groups in total. The standard InChI is InChI=1S/C25H21ClFN5O2/c26-16-9-5-14(6-10-16)20-13-21(15-7-11-17(27)12-8-15)32-24(28-20)29-25(30-32)31-22(33)18-3-1-2-4-19(18)23(31)34/h1-2,5-12,18-21H,3-4,13H2,(H,28,29,30)/t18-,19-,20+,21+/m0/s1. The number of carbonyl (C=O) groups is 2. The summed E-state index contributed by atoms with van der Waals surface area (Å²) in [4.78, 5) is 31.9. The molecule has 1 aliphatic carbocycles. The lowest BCUT2D eigenvalue weighted by Gasteiger charge is -2.31. The van der Waals surface area contributed by atoms with Gasteiger partial charge in [-0.3, -0.25) is 9.59 Å². The lowest BCUT2D eigenvalue weighted by atomic mass is 9.85. The van der Waals surface area contributed by atoms with Crippen molar-refractivity contribution in [2.45, 2.75) is 31.3 Å². The summed E-state index contributed by atoms with van der Waals surface area (Å²) in [6.45, 7) is 0. The molecule has 3 heterocycles. The van der Waals surface area contributed by atoms with Crippen molar-refractivity contribution in [3.05, 3.63) is 82.6 Å². The summed E-state index contributed by atoms with van der Waals surface area (Å²) >= 11 is 6.07. The Morgan fingerprint density at radius 3 is 2.18 bits per heavy atom. The van der Waals surface area contributed by atoms with E-state index in [0.717, 1.165) is 16.0 Å². The van der Waals surface area contributed by atoms with Gasteiger partial charge in [0.2, 0.25) is 17.8 Å². The first-order chi connectivity index (χ1) is 16.5. The topological polar surface area (TPSA) is 80.1 Å². The van der Waals surface area contributed by atoms with Crippen LogP contribution in [0.2, 0.25) is 5.02 Å². The van der Waals surface area contributed by atoms with Crippen LogP contribution >= 0.6 is 11.6 Å². The fraction of sp³-hybridized carbons (Fsp3) is 0.280. The van der Waals surface area contributed by atoms with Gasteiger partial charge in [0.05, 0.1) is 23.9 Å². The average molecular weight is 478 g/mol. The van der Waals surface area contributed by atoms with E-state index < -0.39 is 0 Å². The molecule has 1 aromatic heterocycles. The Bertz CT molecular complexity index is 1280. The molecule has 0 bridgehead atoms. The fourth-order valence-corrected chi connectivity index (χ4v) is 5.26. The number of allylic oxidation sites excluding steroid dienone is 2. The van der Waals surface area contributed by atoms with E-state index in [4.69, 9.17) is 11.6 Å². The molecular weight excluding hydrogens is 457 g/mol. The molecule has 0 spiro atoms. The minimum Gasteiger partial charge on any atom is -0.347 e. The van der Waals surface area contributed by atoms with Crippen molar-refractivity contribution in [1.82, 2.24) is 14.8 Å². The number of imide groups is 1. The van der Waals surface area contributed by atoms with E-state index in [9.17, 15) is 14.0 Å². The molecule has 2 aromatic carbocycles. The molecule has 34 heavy (non-hydrogen) atoms. The van der Waals surface area contributed by atoms with Crippen LogP contribution in [0.15, 0.2) is 60.7 Å². The first kappa shape index (κ1) is 21.0. The normalized spacial score (nSPS) is 25.8. The van der Waals surface area contributed by atoms with Crippen LogP contribution in [0, 0.1) is 17.7 Å². The zero-order valence-corrected chi connectivity index (χ0v) is 18.8. The SMILES string of the molecule is O=C1[C@H]2CC=CC[C@@H]2C(=O)N1c1nc2n(n1)[C@@H](c1ccc(F)cc1)C[C@H](c1ccc(Cl)cc1)N2. The number of aromatic nitrogens is 3. The number of nitrogens with one attached hydrogen (secondary N) is 1. The van der Waals surface area contributed by atoms with Gasteiger partial charge < -0.3 is 5.32 Å². The van der Waals surface area contributed by atoms with Crippen molar-refractivity contribution in [3.63, 3.8) is 0 Å². The smallest absolute Gasteiger partial charge is 0.260 e. The summed E-state index contributed by atoms with van der Waals surface area (Å²) in [6.07, 6.45) is 5.61. The van der Waals surface area contributed by atoms with E-state index in [0.29, 0.717) is 30.2 Å². The van der Waals surface area contributed by atoms with Crippen LogP contribution in [-0.4, -0.2) is 26.6 Å². The molecule has 4 atom stereocenters. The number of hydrogen-bond donors (Lipinski definition) is 1. The Hall–Kier alpha value is -3.52. The Morgan fingerprint density at radius 2 is 1.53 bits per heavy atom. The van der Waals surface area contributed by atoms with Crippen molar-refractivity contribution >= 4 is 35.3 Å². The number of carbonyl (C=O) groups excluding carboxylic acids is 2. The first-order valence-corrected chi connectivity index (χ1v) is 11.6. The number of nitrogens with zero attached hydrogens (tertiary/aromatic N) is 4. The lowest BCUT2D eigenvalue weighted by Crippen LogP contribution is -2.32. The monoisotopic (exact) mass is 477 g/mol. The molecule has 1 saturated heterocycles. The zero-order chi connectivity index (χ0) is 23.4. The van der Waals surface area contributed by atoms with Gasteiger partial charge in [-0.1, -0.05) is 48.0 Å². The summed E-state index contributed by atoms with van der Waals surface area (Å²) < 4.78 is 15.3. The number of halogens is 2. The highest BCUT2D eigenvalue weighted by molar-refractivity contribution is 6.30. The summed E-state index contributed by atoms with van der Waals surface area (Å²) in [5.74, 6) is -1.03. The average Bonchev–Trinajstić information content (AvgIpc) is 3.38. The molecule has 0 radical (unpaired) electrons. The summed E-state index contributed by atoms with van der Waals surface area (Å²) in [7, 11) is 0. The molecule has 0 unspecified atom stereocenters. The number of fused-ring (bicyclic) bond motifs is 2. The van der Waals surface area contributed by atoms with Crippen molar-refractivity contribution in [2.24, 2.45) is 11.8 Å². The molecule has 2 amide bonds. The second-order valence-corrected chi connectivity index (χ2v) is 9.34. The summed E-state index contributed by atoms with van der Waals surface area (Å²) in [5.41, 5.74) is 1.87. The molecule has 1 fully saturated rings. The second kappa shape index (κ2) is 8.06. The van der Waals surface area contributed by atoms with E-state index in [1.807, 2.05) is 36.4 Å². The maximum absolute atomic E-state index is 13.6. The van der Waals surface area contributed by atoms with Gasteiger partial charge in [0, 0.05) is 5.02 Å². The van der Waals surface area contributed by atoms with Gasteiger partial charge in [0.25, 0.3) is 5.95 Å². The van der Waals surface area contributed by atoms with Crippen LogP contribution in [0.1, 0.15) is 42.5 Å². The van der Waals surface area contributed by atoms with Gasteiger partial charge in [-0.2, -0.15) is 4.98 Å². The molecule has 3 aliphatic rings. The highest BCUT2D eigenvalue weighted by Crippen LogP contribution is 2.41. The number of amides is 2. The highest BCUT2D eigenvalue weighted by Gasteiger charge is 2.49. The maximum atomic E-state index is 13.6. The Kier molecular flexibility index (Phi) is 4.99. The van der Waals surface area contributed by atoms with Gasteiger partial charge in [-0.25, -0.2) is 14.0 Å². The molecule has 3 aromatic rings. The van der Waals surface area contributed by atoms with Crippen LogP contribution < -0.4 is 10.2 Å². The zero-order valence-electron chi connectivity index (χ0n) is 18.1. The highest BCUT2D eigenvalue weighted by atomic mass is 35.5. The van der Waals surface area contributed by atoms with E-state index >= 15 is 0 Å². The fourth-order valence-electron chi connectivity index (χ4n) is 5.13. The summed E-state index contributed by atoms with van der Waals surface area (Å²) in [5, 5.41) is 8.64. The van der Waals surface area contributed by atoms with Crippen molar-refractivity contribution in [2.75, 3.05) is 10.2 Å². The number of anilines is 2. The van der Waals surface area contributed by atoms with E-state index in [2.05, 4.69) is 15.4 Å². The molecule has 0 saturated carbocycles. The quantitative estimate of drug-likeness (QED) is 0.438. The van der Waals surface area contributed by atoms with Gasteiger partial charge in [0.1, 0.15) is 5.82 Å². The minimum absolute atomic E-state index is 0.0794. The van der Waals surface area contributed by atoms with Crippen molar-refractivity contribution in [1.29, 1.82) is 0 Å². The molecule has 172 valence electrons. The second-order valence-electron chi connectivity index (χ2n) is 8.90. The third kappa shape index (κ3) is 3.40.